The van der Waals surface area contributed by atoms with Gasteiger partial charge in [0.25, 0.3) is 11.2 Å². The summed E-state index contributed by atoms with van der Waals surface area (Å²) in [5.74, 6) is 2.11. The second-order valence-electron chi connectivity index (χ2n) is 22.3. The number of hydrogen-bond acceptors (Lipinski definition) is 8. The fraction of sp³-hybridized carbons (Fsp3) is 0.667. The molecule has 4 saturated carbocycles. The van der Waals surface area contributed by atoms with E-state index in [4.69, 9.17) is 0 Å². The van der Waals surface area contributed by atoms with Gasteiger partial charge in [-0.2, -0.15) is 57.5 Å². The zero-order valence-corrected chi connectivity index (χ0v) is 43.1. The number of tetrazole rings is 2. The molecule has 22 heteroatoms. The Bertz CT molecular complexity index is 2550. The van der Waals surface area contributed by atoms with Crippen molar-refractivity contribution in [2.24, 2.45) is 46.3 Å². The van der Waals surface area contributed by atoms with Crippen molar-refractivity contribution in [3.05, 3.63) is 84.0 Å². The van der Waals surface area contributed by atoms with Crippen LogP contribution in [-0.2, 0) is 13.1 Å². The predicted molar refractivity (Wildman–Crippen MR) is 259 cm³/mol. The van der Waals surface area contributed by atoms with Crippen LogP contribution < -0.4 is 0 Å². The van der Waals surface area contributed by atoms with Gasteiger partial charge < -0.3 is 10.2 Å². The number of aromatic nitrogens is 8. The van der Waals surface area contributed by atoms with Gasteiger partial charge in [0.15, 0.2) is 5.82 Å². The normalized spacial score (nSPS) is 26.5. The summed E-state index contributed by atoms with van der Waals surface area (Å²) in [6.45, 7) is 9.27. The molecule has 2 N–H and O–H groups in total. The Morgan fingerprint density at radius 2 is 1.03 bits per heavy atom. The number of allylic oxidation sites excluding steroid dienone is 4. The van der Waals surface area contributed by atoms with Gasteiger partial charge in [-0.1, -0.05) is 124 Å². The van der Waals surface area contributed by atoms with E-state index >= 15 is 0 Å². The van der Waals surface area contributed by atoms with E-state index in [0.717, 1.165) is 75.3 Å². The smallest absolute Gasteiger partial charge is 0.374 e. The number of aliphatic hydroxyl groups is 2. The average molecular weight is 1090 g/mol. The number of hydrogen-bond donors (Lipinski definition) is 2. The van der Waals surface area contributed by atoms with Crippen LogP contribution in [0.15, 0.2) is 84.0 Å². The van der Waals surface area contributed by atoms with E-state index in [2.05, 4.69) is 56.9 Å². The minimum Gasteiger partial charge on any atom is -0.374 e. The molecule has 4 aliphatic rings. The van der Waals surface area contributed by atoms with Crippen molar-refractivity contribution in [3.8, 4) is 22.8 Å². The molecule has 4 fully saturated rings. The summed E-state index contributed by atoms with van der Waals surface area (Å²) in [6, 6.07) is 19.2. The second-order valence-corrected chi connectivity index (χ2v) is 22.3. The summed E-state index contributed by atoms with van der Waals surface area (Å²) in [6.07, 6.45) is -12.3. The van der Waals surface area contributed by atoms with Crippen LogP contribution in [0, 0.1) is 46.3 Å². The first-order chi connectivity index (χ1) is 35.5. The van der Waals surface area contributed by atoms with Crippen LogP contribution in [0.1, 0.15) is 130 Å². The lowest BCUT2D eigenvalue weighted by Crippen LogP contribution is -2.56. The predicted octanol–water partition coefficient (Wildman–Crippen LogP) is 14.3. The van der Waals surface area contributed by atoms with Crippen LogP contribution >= 0.6 is 0 Å². The lowest BCUT2D eigenvalue weighted by atomic mass is 9.60. The summed E-state index contributed by atoms with van der Waals surface area (Å²) in [7, 11) is 0. The molecule has 0 bridgehead atoms. The summed E-state index contributed by atoms with van der Waals surface area (Å²) in [5, 5.41) is 43.9. The molecule has 0 spiro atoms. The minimum absolute atomic E-state index is 0.0551. The number of benzene rings is 2. The highest BCUT2D eigenvalue weighted by Crippen LogP contribution is 2.62. The standard InChI is InChI=1S/2C27H34F6N4O/c1-18(8-6-16-25(38,26(28,29)30)27(31,32)33)21-12-13-22-19(11-7-15-24(21,22)2)14-17-37-23(34-35-36-37)20-9-4-3-5-10-20;1-18(8-6-16-25(38,26(28,29)30)27(31,32)33)21-12-13-22-19(11-7-15-24(21,22)2)14-17-37-35-23(34-36-37)20-9-4-3-5-10-20/h2*3-5,9-10,14,18,21-22,38H,6-8,11-13,15-17H2,1-2H3/b2*19-14+/t2*18-,21-,22+,24-/m11/s1. The number of fused-ring (bicyclic) bond motifs is 2. The Labute approximate surface area is 434 Å². The molecule has 76 heavy (non-hydrogen) atoms. The van der Waals surface area contributed by atoms with E-state index in [0.29, 0.717) is 36.6 Å². The number of alkyl halides is 12. The molecular formula is C54H68F12N8O2. The Morgan fingerprint density at radius 3 is 1.47 bits per heavy atom. The van der Waals surface area contributed by atoms with Gasteiger partial charge in [0.2, 0.25) is 5.82 Å². The Morgan fingerprint density at radius 1 is 0.592 bits per heavy atom. The third-order valence-corrected chi connectivity index (χ3v) is 17.8. The first-order valence-corrected chi connectivity index (χ1v) is 26.3. The number of rotatable bonds is 16. The van der Waals surface area contributed by atoms with E-state index in [1.54, 1.807) is 9.48 Å². The topological polar surface area (TPSA) is 128 Å². The van der Waals surface area contributed by atoms with Gasteiger partial charge >= 0.3 is 24.7 Å². The summed E-state index contributed by atoms with van der Waals surface area (Å²) in [4.78, 5) is 1.55. The quantitative estimate of drug-likeness (QED) is 0.0839. The van der Waals surface area contributed by atoms with Crippen molar-refractivity contribution < 1.29 is 62.9 Å². The molecule has 0 radical (unpaired) electrons. The molecule has 2 aromatic carbocycles. The monoisotopic (exact) mass is 1090 g/mol. The van der Waals surface area contributed by atoms with E-state index in [-0.39, 0.29) is 60.2 Å². The van der Waals surface area contributed by atoms with Crippen molar-refractivity contribution in [2.75, 3.05) is 0 Å². The van der Waals surface area contributed by atoms with Crippen LogP contribution in [0.3, 0.4) is 0 Å². The summed E-state index contributed by atoms with van der Waals surface area (Å²) < 4.78 is 158. The maximum atomic E-state index is 13.1. The molecule has 8 atom stereocenters. The Balaban J connectivity index is 0.000000221. The summed E-state index contributed by atoms with van der Waals surface area (Å²) in [5.41, 5.74) is -5.04. The molecule has 4 aliphatic carbocycles. The Kier molecular flexibility index (Phi) is 17.7. The summed E-state index contributed by atoms with van der Waals surface area (Å²) >= 11 is 0. The molecule has 4 aromatic rings. The zero-order valence-electron chi connectivity index (χ0n) is 43.1. The SMILES string of the molecule is C[C@H](CCCC(O)(C(F)(F)F)C(F)(F)F)[C@H]1CC[C@H]2/C(=C/Cn3nnc(-c4ccccc4)n3)CCC[C@]12C.C[C@H](CCCC(O)(C(F)(F)F)C(F)(F)F)[C@H]1CC[C@H]2/C(=C/Cn3nnnc3-c3ccccc3)CCC[C@]12C. The lowest BCUT2D eigenvalue weighted by Gasteiger charge is -2.44. The zero-order chi connectivity index (χ0) is 55.5. The molecule has 420 valence electrons. The maximum absolute atomic E-state index is 13.1. The number of halogens is 12. The highest BCUT2D eigenvalue weighted by Gasteiger charge is 2.70. The van der Waals surface area contributed by atoms with Crippen molar-refractivity contribution >= 4 is 0 Å². The van der Waals surface area contributed by atoms with Gasteiger partial charge in [-0.25, -0.2) is 4.68 Å². The van der Waals surface area contributed by atoms with Crippen molar-refractivity contribution in [1.29, 1.82) is 0 Å². The van der Waals surface area contributed by atoms with Gasteiger partial charge in [0.1, 0.15) is 0 Å². The highest BCUT2D eigenvalue weighted by molar-refractivity contribution is 5.54. The third-order valence-electron chi connectivity index (χ3n) is 17.8. The molecule has 0 saturated heterocycles. The van der Waals surface area contributed by atoms with Gasteiger partial charge in [0.05, 0.1) is 13.1 Å². The van der Waals surface area contributed by atoms with E-state index in [1.165, 1.54) is 11.1 Å². The van der Waals surface area contributed by atoms with Gasteiger partial charge in [0, 0.05) is 11.1 Å². The Hall–Kier alpha value is -4.86. The van der Waals surface area contributed by atoms with Crippen molar-refractivity contribution in [3.63, 3.8) is 0 Å². The molecule has 10 nitrogen and oxygen atoms in total. The van der Waals surface area contributed by atoms with Gasteiger partial charge in [-0.3, -0.25) is 0 Å². The highest BCUT2D eigenvalue weighted by atomic mass is 19.4. The van der Waals surface area contributed by atoms with Gasteiger partial charge in [-0.15, -0.1) is 15.3 Å². The molecular weight excluding hydrogens is 1020 g/mol. The van der Waals surface area contributed by atoms with Crippen molar-refractivity contribution in [2.45, 2.75) is 179 Å². The lowest BCUT2D eigenvalue weighted by molar-refractivity contribution is -0.370. The molecule has 0 unspecified atom stereocenters. The van der Waals surface area contributed by atoms with E-state index in [1.807, 2.05) is 74.5 Å². The van der Waals surface area contributed by atoms with Crippen LogP contribution in [-0.4, -0.2) is 86.5 Å². The second kappa shape index (κ2) is 22.8. The first kappa shape index (κ1) is 58.8. The largest absolute Gasteiger partial charge is 0.426 e. The maximum Gasteiger partial charge on any atom is 0.426 e. The molecule has 0 amide bonds. The fourth-order valence-electron chi connectivity index (χ4n) is 13.7. The number of nitrogens with zero attached hydrogens (tertiary/aromatic N) is 8. The van der Waals surface area contributed by atoms with E-state index in [9.17, 15) is 62.9 Å². The average Bonchev–Trinajstić information content (AvgIpc) is 4.17. The first-order valence-electron chi connectivity index (χ1n) is 26.3. The van der Waals surface area contributed by atoms with Crippen LogP contribution in [0.5, 0.6) is 0 Å². The molecule has 8 rings (SSSR count). The molecule has 0 aliphatic heterocycles. The molecule has 2 aromatic heterocycles. The van der Waals surface area contributed by atoms with Gasteiger partial charge in [-0.05, 0) is 152 Å². The minimum atomic E-state index is -5.76. The van der Waals surface area contributed by atoms with E-state index < -0.39 is 48.7 Å². The van der Waals surface area contributed by atoms with Crippen molar-refractivity contribution in [1.82, 2.24) is 40.4 Å². The van der Waals surface area contributed by atoms with Crippen LogP contribution in [0.25, 0.3) is 22.8 Å². The van der Waals surface area contributed by atoms with Crippen LogP contribution in [0.2, 0.25) is 0 Å². The van der Waals surface area contributed by atoms with Crippen LogP contribution in [0.4, 0.5) is 52.7 Å². The fourth-order valence-corrected chi connectivity index (χ4v) is 13.7. The third kappa shape index (κ3) is 12.2. The molecule has 2 heterocycles.